The van der Waals surface area contributed by atoms with Gasteiger partial charge >= 0.3 is 5.97 Å². The SMILES string of the molecule is CC(=O)O[C@H](C)/C=C/[C@H]1C(C)=CC(=O)CC1(C)C. The fraction of sp³-hybridized carbons (Fsp3) is 0.600. The second-order valence-electron chi connectivity index (χ2n) is 5.70. The van der Waals surface area contributed by atoms with E-state index >= 15 is 0 Å². The van der Waals surface area contributed by atoms with E-state index in [4.69, 9.17) is 4.74 Å². The fourth-order valence-electron chi connectivity index (χ4n) is 2.55. The quantitative estimate of drug-likeness (QED) is 0.571. The van der Waals surface area contributed by atoms with Crippen molar-refractivity contribution in [3.05, 3.63) is 23.8 Å². The molecule has 0 N–H and O–H groups in total. The molecule has 0 heterocycles. The van der Waals surface area contributed by atoms with Gasteiger partial charge in [-0.25, -0.2) is 0 Å². The minimum absolute atomic E-state index is 0.0810. The molecule has 100 valence electrons. The van der Waals surface area contributed by atoms with Crippen LogP contribution in [0.4, 0.5) is 0 Å². The highest BCUT2D eigenvalue weighted by atomic mass is 16.5. The zero-order valence-corrected chi connectivity index (χ0v) is 11.8. The lowest BCUT2D eigenvalue weighted by molar-refractivity contribution is -0.143. The molecule has 1 rings (SSSR count). The first-order valence-corrected chi connectivity index (χ1v) is 6.29. The zero-order valence-electron chi connectivity index (χ0n) is 11.8. The molecule has 0 unspecified atom stereocenters. The van der Waals surface area contributed by atoms with E-state index in [1.54, 1.807) is 6.08 Å². The third-order valence-corrected chi connectivity index (χ3v) is 3.28. The molecule has 0 bridgehead atoms. The standard InChI is InChI=1S/C15H22O3/c1-10-8-13(17)9-15(4,5)14(10)7-6-11(2)18-12(3)16/h6-8,11,14H,9H2,1-5H3/b7-6+/t11-,14+/m1/s1. The first-order chi connectivity index (χ1) is 8.22. The molecule has 0 saturated heterocycles. The predicted octanol–water partition coefficient (Wildman–Crippen LogP) is 3.06. The minimum atomic E-state index is -0.280. The summed E-state index contributed by atoms with van der Waals surface area (Å²) in [6.07, 6.45) is 5.98. The highest BCUT2D eigenvalue weighted by Gasteiger charge is 2.34. The largest absolute Gasteiger partial charge is 0.459 e. The van der Waals surface area contributed by atoms with Crippen LogP contribution >= 0.6 is 0 Å². The van der Waals surface area contributed by atoms with Gasteiger partial charge < -0.3 is 4.74 Å². The van der Waals surface area contributed by atoms with Crippen LogP contribution in [-0.4, -0.2) is 17.9 Å². The Morgan fingerprint density at radius 3 is 2.67 bits per heavy atom. The molecule has 0 fully saturated rings. The molecule has 0 spiro atoms. The number of hydrogen-bond acceptors (Lipinski definition) is 3. The fourth-order valence-corrected chi connectivity index (χ4v) is 2.55. The molecule has 0 amide bonds. The van der Waals surface area contributed by atoms with E-state index in [0.29, 0.717) is 6.42 Å². The van der Waals surface area contributed by atoms with E-state index in [1.807, 2.05) is 26.0 Å². The maximum Gasteiger partial charge on any atom is 0.303 e. The molecule has 2 atom stereocenters. The van der Waals surface area contributed by atoms with Crippen molar-refractivity contribution in [2.24, 2.45) is 11.3 Å². The molecular weight excluding hydrogens is 228 g/mol. The van der Waals surface area contributed by atoms with Crippen LogP contribution in [0.15, 0.2) is 23.8 Å². The Balaban J connectivity index is 2.81. The Hall–Kier alpha value is -1.38. The number of rotatable bonds is 3. The van der Waals surface area contributed by atoms with Crippen molar-refractivity contribution < 1.29 is 14.3 Å². The summed E-state index contributed by atoms with van der Waals surface area (Å²) in [4.78, 5) is 22.4. The summed E-state index contributed by atoms with van der Waals surface area (Å²) < 4.78 is 5.05. The van der Waals surface area contributed by atoms with Crippen LogP contribution in [-0.2, 0) is 14.3 Å². The normalized spacial score (nSPS) is 24.8. The third-order valence-electron chi connectivity index (χ3n) is 3.28. The van der Waals surface area contributed by atoms with Crippen molar-refractivity contribution in [3.63, 3.8) is 0 Å². The van der Waals surface area contributed by atoms with Crippen molar-refractivity contribution in [3.8, 4) is 0 Å². The first kappa shape index (κ1) is 14.7. The van der Waals surface area contributed by atoms with E-state index in [0.717, 1.165) is 5.57 Å². The summed E-state index contributed by atoms with van der Waals surface area (Å²) in [5.74, 6) is 0.126. The molecule has 18 heavy (non-hydrogen) atoms. The van der Waals surface area contributed by atoms with Gasteiger partial charge in [0.2, 0.25) is 0 Å². The Bertz CT molecular complexity index is 402. The average Bonchev–Trinajstić information content (AvgIpc) is 2.12. The first-order valence-electron chi connectivity index (χ1n) is 6.29. The van der Waals surface area contributed by atoms with E-state index in [9.17, 15) is 9.59 Å². The van der Waals surface area contributed by atoms with Gasteiger partial charge in [-0.2, -0.15) is 0 Å². The van der Waals surface area contributed by atoms with Gasteiger partial charge in [0.25, 0.3) is 0 Å². The molecule has 3 heteroatoms. The predicted molar refractivity (Wildman–Crippen MR) is 71.0 cm³/mol. The van der Waals surface area contributed by atoms with Gasteiger partial charge in [0, 0.05) is 19.3 Å². The molecule has 0 aliphatic heterocycles. The Morgan fingerprint density at radius 1 is 1.56 bits per heavy atom. The van der Waals surface area contributed by atoms with Crippen molar-refractivity contribution in [2.75, 3.05) is 0 Å². The summed E-state index contributed by atoms with van der Waals surface area (Å²) in [5.41, 5.74) is 0.991. The second kappa shape index (κ2) is 5.51. The van der Waals surface area contributed by atoms with Crippen LogP contribution in [0.1, 0.15) is 41.0 Å². The van der Waals surface area contributed by atoms with Crippen LogP contribution in [0.2, 0.25) is 0 Å². The highest BCUT2D eigenvalue weighted by molar-refractivity contribution is 5.92. The smallest absolute Gasteiger partial charge is 0.303 e. The van der Waals surface area contributed by atoms with Crippen molar-refractivity contribution in [1.82, 2.24) is 0 Å². The van der Waals surface area contributed by atoms with Gasteiger partial charge in [0.15, 0.2) is 5.78 Å². The molecule has 3 nitrogen and oxygen atoms in total. The van der Waals surface area contributed by atoms with Crippen LogP contribution in [0.3, 0.4) is 0 Å². The van der Waals surface area contributed by atoms with E-state index in [-0.39, 0.29) is 29.2 Å². The lowest BCUT2D eigenvalue weighted by Crippen LogP contribution is -2.30. The monoisotopic (exact) mass is 250 g/mol. The molecule has 0 aromatic carbocycles. The van der Waals surface area contributed by atoms with E-state index in [2.05, 4.69) is 13.8 Å². The van der Waals surface area contributed by atoms with Crippen LogP contribution in [0.25, 0.3) is 0 Å². The number of ketones is 1. The minimum Gasteiger partial charge on any atom is -0.459 e. The summed E-state index contributed by atoms with van der Waals surface area (Å²) in [6, 6.07) is 0. The van der Waals surface area contributed by atoms with E-state index in [1.165, 1.54) is 6.92 Å². The summed E-state index contributed by atoms with van der Waals surface area (Å²) in [5, 5.41) is 0. The molecule has 0 radical (unpaired) electrons. The third kappa shape index (κ3) is 3.83. The van der Waals surface area contributed by atoms with Gasteiger partial charge in [-0.1, -0.05) is 25.5 Å². The van der Waals surface area contributed by atoms with Gasteiger partial charge in [-0.05, 0) is 31.4 Å². The number of esters is 1. The maximum atomic E-state index is 11.5. The second-order valence-corrected chi connectivity index (χ2v) is 5.70. The van der Waals surface area contributed by atoms with Crippen LogP contribution < -0.4 is 0 Å². The Morgan fingerprint density at radius 2 is 2.17 bits per heavy atom. The van der Waals surface area contributed by atoms with Crippen LogP contribution in [0.5, 0.6) is 0 Å². The van der Waals surface area contributed by atoms with E-state index < -0.39 is 0 Å². The number of hydrogen-bond donors (Lipinski definition) is 0. The van der Waals surface area contributed by atoms with Gasteiger partial charge in [-0.3, -0.25) is 9.59 Å². The van der Waals surface area contributed by atoms with Gasteiger partial charge in [0.1, 0.15) is 6.10 Å². The molecule has 0 aromatic heterocycles. The molecule has 1 aliphatic carbocycles. The number of carbonyl (C=O) groups excluding carboxylic acids is 2. The molecule has 1 aliphatic rings. The van der Waals surface area contributed by atoms with Crippen molar-refractivity contribution >= 4 is 11.8 Å². The topological polar surface area (TPSA) is 43.4 Å². The zero-order chi connectivity index (χ0) is 13.9. The highest BCUT2D eigenvalue weighted by Crippen LogP contribution is 2.40. The molecule has 0 saturated carbocycles. The molecular formula is C15H22O3. The molecule has 0 aromatic rings. The lowest BCUT2D eigenvalue weighted by Gasteiger charge is -2.36. The number of allylic oxidation sites excluding steroid dienone is 3. The summed E-state index contributed by atoms with van der Waals surface area (Å²) in [7, 11) is 0. The number of ether oxygens (including phenoxy) is 1. The summed E-state index contributed by atoms with van der Waals surface area (Å²) in [6.45, 7) is 9.39. The average molecular weight is 250 g/mol. The van der Waals surface area contributed by atoms with Crippen molar-refractivity contribution in [2.45, 2.75) is 47.1 Å². The van der Waals surface area contributed by atoms with Crippen LogP contribution in [0, 0.1) is 11.3 Å². The maximum absolute atomic E-state index is 11.5. The Labute approximate surface area is 109 Å². The van der Waals surface area contributed by atoms with Crippen molar-refractivity contribution in [1.29, 1.82) is 0 Å². The lowest BCUT2D eigenvalue weighted by atomic mass is 9.68. The van der Waals surface area contributed by atoms with Gasteiger partial charge in [0.05, 0.1) is 0 Å². The Kier molecular flexibility index (Phi) is 4.49. The number of carbonyl (C=O) groups is 2. The van der Waals surface area contributed by atoms with Gasteiger partial charge in [-0.15, -0.1) is 0 Å². The summed E-state index contributed by atoms with van der Waals surface area (Å²) >= 11 is 0.